The van der Waals surface area contributed by atoms with Crippen molar-refractivity contribution in [2.24, 2.45) is 0 Å². The number of rotatable bonds is 4. The second kappa shape index (κ2) is 6.82. The Morgan fingerprint density at radius 2 is 1.83 bits per heavy atom. The third-order valence-electron chi connectivity index (χ3n) is 3.96. The summed E-state index contributed by atoms with van der Waals surface area (Å²) in [6, 6.07) is 8.74. The molecule has 0 aliphatic carbocycles. The van der Waals surface area contributed by atoms with Crippen LogP contribution in [-0.4, -0.2) is 43.8 Å². The average molecular weight is 338 g/mol. The molecular weight excluding hydrogens is 319 g/mol. The maximum absolute atomic E-state index is 13.0. The summed E-state index contributed by atoms with van der Waals surface area (Å²) in [4.78, 5) is 2.32. The number of hydrogen-bond donors (Lipinski definition) is 0. The molecule has 1 aliphatic heterocycles. The zero-order valence-electron chi connectivity index (χ0n) is 12.7. The Morgan fingerprint density at radius 3 is 2.52 bits per heavy atom. The van der Waals surface area contributed by atoms with E-state index in [1.807, 2.05) is 12.1 Å². The van der Waals surface area contributed by atoms with E-state index < -0.39 is 15.8 Å². The topological polar surface area (TPSA) is 53.8 Å². The van der Waals surface area contributed by atoms with E-state index in [4.69, 9.17) is 4.42 Å². The summed E-state index contributed by atoms with van der Waals surface area (Å²) in [5.74, 6) is 0.435. The quantitative estimate of drug-likeness (QED) is 0.858. The highest BCUT2D eigenvalue weighted by atomic mass is 32.2. The minimum absolute atomic E-state index is 0.137. The molecule has 1 fully saturated rings. The van der Waals surface area contributed by atoms with Gasteiger partial charge in [0.25, 0.3) is 0 Å². The second-order valence-electron chi connectivity index (χ2n) is 5.57. The molecule has 1 saturated heterocycles. The summed E-state index contributed by atoms with van der Waals surface area (Å²) >= 11 is 0. The minimum atomic E-state index is -3.57. The van der Waals surface area contributed by atoms with E-state index in [2.05, 4.69) is 4.90 Å². The lowest BCUT2D eigenvalue weighted by molar-refractivity contribution is 0.255. The van der Waals surface area contributed by atoms with Crippen molar-refractivity contribution in [2.45, 2.75) is 17.9 Å². The van der Waals surface area contributed by atoms with Crippen molar-refractivity contribution in [3.05, 3.63) is 54.2 Å². The molecule has 0 bridgehead atoms. The van der Waals surface area contributed by atoms with Crippen LogP contribution in [-0.2, 0) is 16.6 Å². The normalized spacial score (nSPS) is 18.0. The first-order valence-corrected chi connectivity index (χ1v) is 9.00. The molecule has 2 heterocycles. The van der Waals surface area contributed by atoms with Gasteiger partial charge in [0.2, 0.25) is 10.0 Å². The van der Waals surface area contributed by atoms with Crippen LogP contribution in [0.4, 0.5) is 4.39 Å². The second-order valence-corrected chi connectivity index (χ2v) is 7.51. The summed E-state index contributed by atoms with van der Waals surface area (Å²) in [5.41, 5.74) is 0. The molecule has 0 amide bonds. The first kappa shape index (κ1) is 16.2. The van der Waals surface area contributed by atoms with E-state index in [1.165, 1.54) is 28.6 Å². The van der Waals surface area contributed by atoms with Gasteiger partial charge in [0, 0.05) is 19.6 Å². The Kier molecular flexibility index (Phi) is 4.79. The van der Waals surface area contributed by atoms with Gasteiger partial charge < -0.3 is 4.42 Å². The van der Waals surface area contributed by atoms with Crippen molar-refractivity contribution in [1.82, 2.24) is 9.21 Å². The SMILES string of the molecule is O=S(=O)(c1ccc(F)cc1)N1CCCN(Cc2ccco2)CC1. The zero-order valence-corrected chi connectivity index (χ0v) is 13.5. The van der Waals surface area contributed by atoms with Crippen LogP contribution in [0.1, 0.15) is 12.2 Å². The van der Waals surface area contributed by atoms with E-state index in [9.17, 15) is 12.8 Å². The van der Waals surface area contributed by atoms with Gasteiger partial charge >= 0.3 is 0 Å². The smallest absolute Gasteiger partial charge is 0.243 e. The van der Waals surface area contributed by atoms with Gasteiger partial charge in [-0.3, -0.25) is 4.90 Å². The Morgan fingerprint density at radius 1 is 1.04 bits per heavy atom. The van der Waals surface area contributed by atoms with E-state index in [0.29, 0.717) is 26.2 Å². The Labute approximate surface area is 135 Å². The summed E-state index contributed by atoms with van der Waals surface area (Å²) < 4.78 is 45.1. The average Bonchev–Trinajstić information content (AvgIpc) is 2.91. The van der Waals surface area contributed by atoms with Crippen LogP contribution in [0.15, 0.2) is 52.0 Å². The lowest BCUT2D eigenvalue weighted by Crippen LogP contribution is -2.35. The summed E-state index contributed by atoms with van der Waals surface area (Å²) in [5, 5.41) is 0. The van der Waals surface area contributed by atoms with Crippen LogP contribution in [0, 0.1) is 5.82 Å². The predicted molar refractivity (Wildman–Crippen MR) is 83.8 cm³/mol. The standard InChI is InChI=1S/C16H19FN2O3S/c17-14-4-6-16(7-5-14)23(20,21)19-9-2-8-18(10-11-19)13-15-3-1-12-22-15/h1,3-7,12H,2,8-11,13H2. The number of halogens is 1. The summed E-state index contributed by atoms with van der Waals surface area (Å²) in [6.07, 6.45) is 2.39. The molecule has 0 saturated carbocycles. The molecule has 1 aromatic heterocycles. The maximum Gasteiger partial charge on any atom is 0.243 e. The van der Waals surface area contributed by atoms with Crippen LogP contribution in [0.5, 0.6) is 0 Å². The van der Waals surface area contributed by atoms with Crippen molar-refractivity contribution in [3.63, 3.8) is 0 Å². The molecule has 2 aromatic rings. The van der Waals surface area contributed by atoms with E-state index in [-0.39, 0.29) is 4.90 Å². The maximum atomic E-state index is 13.0. The van der Waals surface area contributed by atoms with Crippen molar-refractivity contribution < 1.29 is 17.2 Å². The first-order chi connectivity index (χ1) is 11.1. The molecule has 124 valence electrons. The molecule has 5 nitrogen and oxygen atoms in total. The lowest BCUT2D eigenvalue weighted by atomic mass is 10.3. The molecule has 3 rings (SSSR count). The third-order valence-corrected chi connectivity index (χ3v) is 5.87. The molecule has 0 atom stereocenters. The molecule has 7 heteroatoms. The van der Waals surface area contributed by atoms with Crippen LogP contribution in [0.25, 0.3) is 0 Å². The fraction of sp³-hybridized carbons (Fsp3) is 0.375. The predicted octanol–water partition coefficient (Wildman–Crippen LogP) is 2.32. The number of hydrogen-bond acceptors (Lipinski definition) is 4. The molecule has 0 unspecified atom stereocenters. The molecule has 0 spiro atoms. The Balaban J connectivity index is 1.68. The highest BCUT2D eigenvalue weighted by Gasteiger charge is 2.27. The van der Waals surface area contributed by atoms with Gasteiger partial charge in [-0.25, -0.2) is 12.8 Å². The summed E-state index contributed by atoms with van der Waals surface area (Å²) in [6.45, 7) is 3.02. The minimum Gasteiger partial charge on any atom is -0.468 e. The van der Waals surface area contributed by atoms with E-state index >= 15 is 0 Å². The van der Waals surface area contributed by atoms with Gasteiger partial charge in [-0.15, -0.1) is 0 Å². The third kappa shape index (κ3) is 3.80. The first-order valence-electron chi connectivity index (χ1n) is 7.56. The van der Waals surface area contributed by atoms with Crippen LogP contribution >= 0.6 is 0 Å². The number of benzene rings is 1. The van der Waals surface area contributed by atoms with Gasteiger partial charge in [-0.1, -0.05) is 0 Å². The number of furan rings is 1. The van der Waals surface area contributed by atoms with E-state index in [1.54, 1.807) is 6.26 Å². The molecular formula is C16H19FN2O3S. The monoisotopic (exact) mass is 338 g/mol. The molecule has 0 radical (unpaired) electrons. The molecule has 23 heavy (non-hydrogen) atoms. The van der Waals surface area contributed by atoms with Crippen LogP contribution in [0.3, 0.4) is 0 Å². The van der Waals surface area contributed by atoms with Gasteiger partial charge in [0.1, 0.15) is 11.6 Å². The zero-order chi connectivity index (χ0) is 16.3. The highest BCUT2D eigenvalue weighted by Crippen LogP contribution is 2.19. The van der Waals surface area contributed by atoms with Gasteiger partial charge in [0.15, 0.2) is 0 Å². The van der Waals surface area contributed by atoms with Crippen LogP contribution in [0.2, 0.25) is 0 Å². The Bertz CT molecular complexity index is 729. The fourth-order valence-corrected chi connectivity index (χ4v) is 4.19. The van der Waals surface area contributed by atoms with Gasteiger partial charge in [-0.05, 0) is 49.4 Å². The van der Waals surface area contributed by atoms with Gasteiger partial charge in [-0.2, -0.15) is 4.31 Å². The van der Waals surface area contributed by atoms with Crippen molar-refractivity contribution in [1.29, 1.82) is 0 Å². The number of sulfonamides is 1. The summed E-state index contributed by atoms with van der Waals surface area (Å²) in [7, 11) is -3.57. The lowest BCUT2D eigenvalue weighted by Gasteiger charge is -2.21. The highest BCUT2D eigenvalue weighted by molar-refractivity contribution is 7.89. The van der Waals surface area contributed by atoms with Gasteiger partial charge in [0.05, 0.1) is 17.7 Å². The molecule has 1 aliphatic rings. The van der Waals surface area contributed by atoms with Crippen molar-refractivity contribution in [2.75, 3.05) is 26.2 Å². The molecule has 1 aromatic carbocycles. The van der Waals surface area contributed by atoms with E-state index in [0.717, 1.165) is 18.7 Å². The van der Waals surface area contributed by atoms with Crippen molar-refractivity contribution in [3.8, 4) is 0 Å². The number of nitrogens with zero attached hydrogens (tertiary/aromatic N) is 2. The molecule has 0 N–H and O–H groups in total. The fourth-order valence-electron chi connectivity index (χ4n) is 2.72. The van der Waals surface area contributed by atoms with Crippen molar-refractivity contribution >= 4 is 10.0 Å². The Hall–Kier alpha value is -1.70. The largest absolute Gasteiger partial charge is 0.468 e. The van der Waals surface area contributed by atoms with Crippen LogP contribution < -0.4 is 0 Å².